The Labute approximate surface area is 74.2 Å². The molecule has 0 unspecified atom stereocenters. The van der Waals surface area contributed by atoms with Gasteiger partial charge < -0.3 is 0 Å². The van der Waals surface area contributed by atoms with Gasteiger partial charge in [0.25, 0.3) is 0 Å². The van der Waals surface area contributed by atoms with Crippen molar-refractivity contribution in [2.75, 3.05) is 0 Å². The van der Waals surface area contributed by atoms with Gasteiger partial charge in [0.1, 0.15) is 0 Å². The van der Waals surface area contributed by atoms with E-state index in [1.807, 2.05) is 6.92 Å². The number of nitrogens with zero attached hydrogens (tertiary/aromatic N) is 1. The van der Waals surface area contributed by atoms with E-state index in [0.29, 0.717) is 0 Å². The molecule has 0 aliphatic heterocycles. The highest BCUT2D eigenvalue weighted by atomic mass is 16.2. The summed E-state index contributed by atoms with van der Waals surface area (Å²) in [6.45, 7) is 9.73. The molecule has 0 saturated heterocycles. The summed E-state index contributed by atoms with van der Waals surface area (Å²) in [6, 6.07) is 0. The molecule has 3 nitrogen and oxygen atoms in total. The van der Waals surface area contributed by atoms with Crippen molar-refractivity contribution in [1.29, 1.82) is 0 Å². The summed E-state index contributed by atoms with van der Waals surface area (Å²) in [6.07, 6.45) is 0.865. The molecule has 0 fully saturated rings. The molecule has 0 aromatic rings. The number of rotatable bonds is 2. The van der Waals surface area contributed by atoms with Crippen molar-refractivity contribution < 1.29 is 4.79 Å². The normalized spacial score (nSPS) is 12.9. The van der Waals surface area contributed by atoms with Gasteiger partial charge in [-0.2, -0.15) is 5.10 Å². The first kappa shape index (κ1) is 11.1. The van der Waals surface area contributed by atoms with E-state index in [-0.39, 0.29) is 11.3 Å². The number of hydrogen-bond donors (Lipinski definition) is 1. The van der Waals surface area contributed by atoms with Crippen LogP contribution in [0.25, 0.3) is 0 Å². The SMILES string of the molecule is CCC(=NNC(C)=O)C(C)(C)C. The van der Waals surface area contributed by atoms with Crippen LogP contribution in [0, 0.1) is 5.41 Å². The molecule has 70 valence electrons. The molecule has 3 heteroatoms. The highest BCUT2D eigenvalue weighted by Crippen LogP contribution is 2.17. The van der Waals surface area contributed by atoms with E-state index in [1.165, 1.54) is 6.92 Å². The largest absolute Gasteiger partial charge is 0.274 e. The Morgan fingerprint density at radius 2 is 1.92 bits per heavy atom. The summed E-state index contributed by atoms with van der Waals surface area (Å²) in [7, 11) is 0. The van der Waals surface area contributed by atoms with Crippen molar-refractivity contribution in [1.82, 2.24) is 5.43 Å². The molecule has 0 aliphatic carbocycles. The molecule has 0 heterocycles. The molecule has 0 radical (unpaired) electrons. The average Bonchev–Trinajstić information content (AvgIpc) is 1.85. The van der Waals surface area contributed by atoms with Gasteiger partial charge in [-0.05, 0) is 6.42 Å². The zero-order chi connectivity index (χ0) is 9.78. The number of carbonyl (C=O) groups excluding carboxylic acids is 1. The van der Waals surface area contributed by atoms with Crippen molar-refractivity contribution in [3.63, 3.8) is 0 Å². The van der Waals surface area contributed by atoms with Gasteiger partial charge in [-0.25, -0.2) is 5.43 Å². The Kier molecular flexibility index (Phi) is 3.93. The average molecular weight is 170 g/mol. The lowest BCUT2D eigenvalue weighted by atomic mass is 9.88. The fourth-order valence-electron chi connectivity index (χ4n) is 0.923. The van der Waals surface area contributed by atoms with Gasteiger partial charge in [-0.15, -0.1) is 0 Å². The standard InChI is InChI=1S/C9H18N2O/c1-6-8(9(3,4)5)11-10-7(2)12/h6H2,1-5H3,(H,10,12). The minimum atomic E-state index is -0.120. The summed E-state index contributed by atoms with van der Waals surface area (Å²) in [5.41, 5.74) is 3.50. The highest BCUT2D eigenvalue weighted by molar-refractivity contribution is 5.90. The third-order valence-corrected chi connectivity index (χ3v) is 1.55. The number of hydrazone groups is 1. The Morgan fingerprint density at radius 3 is 2.17 bits per heavy atom. The molecule has 0 bridgehead atoms. The predicted molar refractivity (Wildman–Crippen MR) is 51.0 cm³/mol. The van der Waals surface area contributed by atoms with E-state index < -0.39 is 0 Å². The fraction of sp³-hybridized carbons (Fsp3) is 0.778. The summed E-state index contributed by atoms with van der Waals surface area (Å²) >= 11 is 0. The Morgan fingerprint density at radius 1 is 1.42 bits per heavy atom. The first-order valence-electron chi connectivity index (χ1n) is 4.21. The quantitative estimate of drug-likeness (QED) is 0.499. The molecule has 12 heavy (non-hydrogen) atoms. The molecule has 1 N–H and O–H groups in total. The van der Waals surface area contributed by atoms with Gasteiger partial charge in [-0.1, -0.05) is 27.7 Å². The summed E-state index contributed by atoms with van der Waals surface area (Å²) < 4.78 is 0. The molecular formula is C9H18N2O. The predicted octanol–water partition coefficient (Wildman–Crippen LogP) is 1.93. The Bertz CT molecular complexity index is 189. The maximum Gasteiger partial charge on any atom is 0.236 e. The van der Waals surface area contributed by atoms with E-state index in [4.69, 9.17) is 0 Å². The first-order chi connectivity index (χ1) is 5.38. The van der Waals surface area contributed by atoms with Crippen LogP contribution < -0.4 is 5.43 Å². The Balaban J connectivity index is 4.34. The molecule has 0 atom stereocenters. The lowest BCUT2D eigenvalue weighted by Gasteiger charge is -2.19. The van der Waals surface area contributed by atoms with Gasteiger partial charge in [0.2, 0.25) is 5.91 Å². The zero-order valence-corrected chi connectivity index (χ0v) is 8.56. The van der Waals surface area contributed by atoms with Crippen molar-refractivity contribution in [2.24, 2.45) is 10.5 Å². The van der Waals surface area contributed by atoms with Crippen molar-refractivity contribution in [3.8, 4) is 0 Å². The zero-order valence-electron chi connectivity index (χ0n) is 8.56. The monoisotopic (exact) mass is 170 g/mol. The van der Waals surface area contributed by atoms with Crippen LogP contribution >= 0.6 is 0 Å². The lowest BCUT2D eigenvalue weighted by molar-refractivity contribution is -0.118. The second-order valence-corrected chi connectivity index (χ2v) is 3.83. The number of nitrogens with one attached hydrogen (secondary N) is 1. The summed E-state index contributed by atoms with van der Waals surface area (Å²) in [5.74, 6) is -0.120. The third kappa shape index (κ3) is 4.11. The molecule has 0 aromatic carbocycles. The van der Waals surface area contributed by atoms with Crippen LogP contribution in [0.1, 0.15) is 41.0 Å². The van der Waals surface area contributed by atoms with E-state index in [0.717, 1.165) is 12.1 Å². The molecule has 0 aliphatic rings. The van der Waals surface area contributed by atoms with E-state index in [9.17, 15) is 4.79 Å². The molecular weight excluding hydrogens is 152 g/mol. The molecule has 0 rings (SSSR count). The van der Waals surface area contributed by atoms with Crippen LogP contribution in [-0.4, -0.2) is 11.6 Å². The number of carbonyl (C=O) groups is 1. The minimum absolute atomic E-state index is 0.0389. The third-order valence-electron chi connectivity index (χ3n) is 1.55. The molecule has 0 spiro atoms. The summed E-state index contributed by atoms with van der Waals surface area (Å²) in [4.78, 5) is 10.6. The smallest absolute Gasteiger partial charge is 0.236 e. The summed E-state index contributed by atoms with van der Waals surface area (Å²) in [5, 5.41) is 4.03. The second-order valence-electron chi connectivity index (χ2n) is 3.83. The van der Waals surface area contributed by atoms with Crippen molar-refractivity contribution in [2.45, 2.75) is 41.0 Å². The number of hydrogen-bond acceptors (Lipinski definition) is 2. The maximum atomic E-state index is 10.6. The lowest BCUT2D eigenvalue weighted by Crippen LogP contribution is -2.24. The van der Waals surface area contributed by atoms with Crippen molar-refractivity contribution in [3.05, 3.63) is 0 Å². The van der Waals surface area contributed by atoms with Gasteiger partial charge in [0, 0.05) is 18.1 Å². The van der Waals surface area contributed by atoms with Gasteiger partial charge in [0.05, 0.1) is 0 Å². The van der Waals surface area contributed by atoms with Gasteiger partial charge >= 0.3 is 0 Å². The van der Waals surface area contributed by atoms with Crippen LogP contribution in [0.5, 0.6) is 0 Å². The number of amides is 1. The topological polar surface area (TPSA) is 41.5 Å². The van der Waals surface area contributed by atoms with Crippen molar-refractivity contribution >= 4 is 11.6 Å². The van der Waals surface area contributed by atoms with Gasteiger partial charge in [-0.3, -0.25) is 4.79 Å². The second kappa shape index (κ2) is 4.24. The van der Waals surface area contributed by atoms with Crippen LogP contribution in [0.3, 0.4) is 0 Å². The molecule has 0 saturated carbocycles. The van der Waals surface area contributed by atoms with Crippen LogP contribution in [0.15, 0.2) is 5.10 Å². The molecule has 0 aromatic heterocycles. The van der Waals surface area contributed by atoms with Crippen LogP contribution in [0.4, 0.5) is 0 Å². The van der Waals surface area contributed by atoms with Gasteiger partial charge in [0.15, 0.2) is 0 Å². The Hall–Kier alpha value is -0.860. The highest BCUT2D eigenvalue weighted by Gasteiger charge is 2.16. The van der Waals surface area contributed by atoms with Crippen LogP contribution in [0.2, 0.25) is 0 Å². The molecule has 1 amide bonds. The fourth-order valence-corrected chi connectivity index (χ4v) is 0.923. The van der Waals surface area contributed by atoms with E-state index in [2.05, 4.69) is 31.3 Å². The van der Waals surface area contributed by atoms with E-state index in [1.54, 1.807) is 0 Å². The van der Waals surface area contributed by atoms with Crippen LogP contribution in [-0.2, 0) is 4.79 Å². The van der Waals surface area contributed by atoms with E-state index >= 15 is 0 Å². The first-order valence-corrected chi connectivity index (χ1v) is 4.21. The maximum absolute atomic E-state index is 10.6. The minimum Gasteiger partial charge on any atom is -0.274 e.